The van der Waals surface area contributed by atoms with Gasteiger partial charge in [0.15, 0.2) is 0 Å². The number of benzene rings is 2. The molecular weight excluding hydrogens is 313 g/mol. The highest BCUT2D eigenvalue weighted by Gasteiger charge is 2.15. The second kappa shape index (κ2) is 8.10. The topological polar surface area (TPSA) is 64.6 Å². The summed E-state index contributed by atoms with van der Waals surface area (Å²) < 4.78 is 23.1. The molecule has 1 N–H and O–H groups in total. The number of para-hydroxylation sites is 1. The first-order valence-corrected chi connectivity index (χ1v) is 7.34. The summed E-state index contributed by atoms with van der Waals surface area (Å²) in [6.07, 6.45) is 0.670. The maximum absolute atomic E-state index is 13.3. The third-order valence-corrected chi connectivity index (χ3v) is 3.47. The van der Waals surface area contributed by atoms with E-state index < -0.39 is 11.8 Å². The molecule has 0 aliphatic heterocycles. The number of hydrogen-bond acceptors (Lipinski definition) is 4. The molecule has 0 unspecified atom stereocenters. The van der Waals surface area contributed by atoms with Crippen LogP contribution in [-0.4, -0.2) is 26.1 Å². The summed E-state index contributed by atoms with van der Waals surface area (Å²) in [6, 6.07) is 11.0. The minimum Gasteiger partial charge on any atom is -0.496 e. The van der Waals surface area contributed by atoms with E-state index in [1.165, 1.54) is 19.2 Å². The third-order valence-electron chi connectivity index (χ3n) is 3.47. The van der Waals surface area contributed by atoms with Gasteiger partial charge in [0.2, 0.25) is 5.91 Å². The van der Waals surface area contributed by atoms with Gasteiger partial charge in [-0.3, -0.25) is 4.79 Å². The predicted octanol–water partition coefficient (Wildman–Crippen LogP) is 3.19. The molecule has 0 atom stereocenters. The standard InChI is InChI=1S/C18H18FNO4/c1-23-16-6-4-3-5-12(16)7-10-17(21)20-15-9-8-13(19)11-14(15)18(22)24-2/h3-6,8-9,11H,7,10H2,1-2H3,(H,20,21). The summed E-state index contributed by atoms with van der Waals surface area (Å²) in [5.41, 5.74) is 1.10. The lowest BCUT2D eigenvalue weighted by molar-refractivity contribution is -0.116. The van der Waals surface area contributed by atoms with E-state index in [4.69, 9.17) is 4.74 Å². The zero-order chi connectivity index (χ0) is 17.5. The summed E-state index contributed by atoms with van der Waals surface area (Å²) in [7, 11) is 2.76. The van der Waals surface area contributed by atoms with Gasteiger partial charge in [0, 0.05) is 6.42 Å². The van der Waals surface area contributed by atoms with Crippen LogP contribution >= 0.6 is 0 Å². The van der Waals surface area contributed by atoms with Crippen LogP contribution in [-0.2, 0) is 16.0 Å². The largest absolute Gasteiger partial charge is 0.496 e. The highest BCUT2D eigenvalue weighted by molar-refractivity contribution is 6.01. The van der Waals surface area contributed by atoms with Crippen molar-refractivity contribution in [1.82, 2.24) is 0 Å². The number of ether oxygens (including phenoxy) is 2. The number of hydrogen-bond donors (Lipinski definition) is 1. The Labute approximate surface area is 139 Å². The van der Waals surface area contributed by atoms with E-state index in [0.29, 0.717) is 12.2 Å². The predicted molar refractivity (Wildman–Crippen MR) is 87.7 cm³/mol. The van der Waals surface area contributed by atoms with Gasteiger partial charge < -0.3 is 14.8 Å². The first-order valence-electron chi connectivity index (χ1n) is 7.34. The van der Waals surface area contributed by atoms with Crippen molar-refractivity contribution in [2.45, 2.75) is 12.8 Å². The fourth-order valence-electron chi connectivity index (χ4n) is 2.27. The molecule has 0 heterocycles. The Hall–Kier alpha value is -2.89. The molecule has 0 radical (unpaired) electrons. The van der Waals surface area contributed by atoms with Crippen LogP contribution in [0, 0.1) is 5.82 Å². The SMILES string of the molecule is COC(=O)c1cc(F)ccc1NC(=O)CCc1ccccc1OC. The van der Waals surface area contributed by atoms with Gasteiger partial charge in [0.05, 0.1) is 25.5 Å². The first-order chi connectivity index (χ1) is 11.5. The van der Waals surface area contributed by atoms with Crippen molar-refractivity contribution in [2.24, 2.45) is 0 Å². The molecule has 0 aliphatic rings. The van der Waals surface area contributed by atoms with Crippen LogP contribution in [0.2, 0.25) is 0 Å². The highest BCUT2D eigenvalue weighted by atomic mass is 19.1. The van der Waals surface area contributed by atoms with Gasteiger partial charge in [-0.2, -0.15) is 0 Å². The van der Waals surface area contributed by atoms with E-state index in [1.54, 1.807) is 7.11 Å². The lowest BCUT2D eigenvalue weighted by atomic mass is 10.1. The minimum absolute atomic E-state index is 0.0249. The molecule has 0 saturated heterocycles. The molecule has 2 aromatic rings. The van der Waals surface area contributed by atoms with E-state index in [1.807, 2.05) is 24.3 Å². The van der Waals surface area contributed by atoms with Crippen LogP contribution in [0.3, 0.4) is 0 Å². The monoisotopic (exact) mass is 331 g/mol. The molecule has 24 heavy (non-hydrogen) atoms. The molecular formula is C18H18FNO4. The maximum atomic E-state index is 13.3. The zero-order valence-corrected chi connectivity index (χ0v) is 13.5. The van der Waals surface area contributed by atoms with Crippen molar-refractivity contribution in [3.05, 3.63) is 59.4 Å². The minimum atomic E-state index is -0.713. The Balaban J connectivity index is 2.06. The molecule has 5 nitrogen and oxygen atoms in total. The van der Waals surface area contributed by atoms with Gasteiger partial charge in [0.1, 0.15) is 11.6 Å². The van der Waals surface area contributed by atoms with Crippen LogP contribution in [0.25, 0.3) is 0 Å². The molecule has 6 heteroatoms. The van der Waals surface area contributed by atoms with Crippen molar-refractivity contribution >= 4 is 17.6 Å². The summed E-state index contributed by atoms with van der Waals surface area (Å²) >= 11 is 0. The van der Waals surface area contributed by atoms with Crippen molar-refractivity contribution in [1.29, 1.82) is 0 Å². The Bertz CT molecular complexity index is 746. The summed E-state index contributed by atoms with van der Waals surface area (Å²) in [5, 5.41) is 2.61. The number of rotatable bonds is 6. The Morgan fingerprint density at radius 1 is 1.12 bits per heavy atom. The first kappa shape index (κ1) is 17.5. The van der Waals surface area contributed by atoms with Crippen molar-refractivity contribution < 1.29 is 23.5 Å². The molecule has 0 saturated carbocycles. The van der Waals surface area contributed by atoms with Crippen LogP contribution in [0.4, 0.5) is 10.1 Å². The van der Waals surface area contributed by atoms with Gasteiger partial charge in [0.25, 0.3) is 0 Å². The Kier molecular flexibility index (Phi) is 5.89. The Morgan fingerprint density at radius 3 is 2.58 bits per heavy atom. The lowest BCUT2D eigenvalue weighted by Gasteiger charge is -2.11. The highest BCUT2D eigenvalue weighted by Crippen LogP contribution is 2.21. The van der Waals surface area contributed by atoms with Crippen LogP contribution < -0.4 is 10.1 Å². The molecule has 2 aromatic carbocycles. The van der Waals surface area contributed by atoms with E-state index >= 15 is 0 Å². The number of esters is 1. The number of aryl methyl sites for hydroxylation is 1. The number of carbonyl (C=O) groups is 2. The quantitative estimate of drug-likeness (QED) is 0.826. The van der Waals surface area contributed by atoms with Crippen molar-refractivity contribution in [3.8, 4) is 5.75 Å². The van der Waals surface area contributed by atoms with Gasteiger partial charge in [-0.05, 0) is 36.2 Å². The van der Waals surface area contributed by atoms with Gasteiger partial charge in [-0.1, -0.05) is 18.2 Å². The second-order valence-corrected chi connectivity index (χ2v) is 5.04. The molecule has 0 fully saturated rings. The van der Waals surface area contributed by atoms with Crippen LogP contribution in [0.5, 0.6) is 5.75 Å². The number of anilines is 1. The Morgan fingerprint density at radius 2 is 1.88 bits per heavy atom. The second-order valence-electron chi connectivity index (χ2n) is 5.04. The summed E-state index contributed by atoms with van der Waals surface area (Å²) in [6.45, 7) is 0. The molecule has 126 valence electrons. The van der Waals surface area contributed by atoms with Gasteiger partial charge in [-0.25, -0.2) is 9.18 Å². The van der Waals surface area contributed by atoms with E-state index in [0.717, 1.165) is 11.6 Å². The van der Waals surface area contributed by atoms with E-state index in [-0.39, 0.29) is 23.6 Å². The fourth-order valence-corrected chi connectivity index (χ4v) is 2.27. The van der Waals surface area contributed by atoms with Crippen LogP contribution in [0.15, 0.2) is 42.5 Å². The third kappa shape index (κ3) is 4.32. The zero-order valence-electron chi connectivity index (χ0n) is 13.5. The number of nitrogens with one attached hydrogen (secondary N) is 1. The number of amides is 1. The molecule has 1 amide bonds. The van der Waals surface area contributed by atoms with Gasteiger partial charge >= 0.3 is 5.97 Å². The number of carbonyl (C=O) groups excluding carboxylic acids is 2. The van der Waals surface area contributed by atoms with Gasteiger partial charge in [-0.15, -0.1) is 0 Å². The summed E-state index contributed by atoms with van der Waals surface area (Å²) in [4.78, 5) is 23.8. The normalized spacial score (nSPS) is 10.1. The average molecular weight is 331 g/mol. The smallest absolute Gasteiger partial charge is 0.340 e. The summed E-state index contributed by atoms with van der Waals surface area (Å²) in [5.74, 6) is -0.878. The fraction of sp³-hybridized carbons (Fsp3) is 0.222. The lowest BCUT2D eigenvalue weighted by Crippen LogP contribution is -2.16. The van der Waals surface area contributed by atoms with Crippen molar-refractivity contribution in [3.63, 3.8) is 0 Å². The average Bonchev–Trinajstić information content (AvgIpc) is 2.61. The number of methoxy groups -OCH3 is 2. The van der Waals surface area contributed by atoms with E-state index in [2.05, 4.69) is 10.1 Å². The van der Waals surface area contributed by atoms with Crippen LogP contribution in [0.1, 0.15) is 22.3 Å². The molecule has 0 bridgehead atoms. The molecule has 0 aliphatic carbocycles. The van der Waals surface area contributed by atoms with Crippen molar-refractivity contribution in [2.75, 3.05) is 19.5 Å². The molecule has 2 rings (SSSR count). The maximum Gasteiger partial charge on any atom is 0.340 e. The number of halogens is 1. The molecule has 0 spiro atoms. The van der Waals surface area contributed by atoms with E-state index in [9.17, 15) is 14.0 Å². The molecule has 0 aromatic heterocycles.